The van der Waals surface area contributed by atoms with Crippen LogP contribution in [0.3, 0.4) is 0 Å². The quantitative estimate of drug-likeness (QED) is 0.740. The van der Waals surface area contributed by atoms with Crippen molar-refractivity contribution >= 4 is 23.4 Å². The number of imide groups is 1. The van der Waals surface area contributed by atoms with E-state index in [4.69, 9.17) is 0 Å². The average molecular weight is 372 g/mol. The maximum Gasteiger partial charge on any atom is 0.255 e. The first-order chi connectivity index (χ1) is 13.0. The molecular weight excluding hydrogens is 351 g/mol. The summed E-state index contributed by atoms with van der Waals surface area (Å²) >= 11 is 0. The van der Waals surface area contributed by atoms with E-state index in [0.717, 1.165) is 25.9 Å². The van der Waals surface area contributed by atoms with Crippen molar-refractivity contribution < 1.29 is 18.8 Å². The van der Waals surface area contributed by atoms with Crippen LogP contribution in [0.15, 0.2) is 12.1 Å². The molecule has 8 heteroatoms. The van der Waals surface area contributed by atoms with Crippen LogP contribution < -0.4 is 15.5 Å². The van der Waals surface area contributed by atoms with Gasteiger partial charge in [-0.2, -0.15) is 0 Å². The summed E-state index contributed by atoms with van der Waals surface area (Å²) in [4.78, 5) is 40.2. The highest BCUT2D eigenvalue weighted by molar-refractivity contribution is 6.06. The molecule has 27 heavy (non-hydrogen) atoms. The largest absolute Gasteiger partial charge is 0.360 e. The van der Waals surface area contributed by atoms with Gasteiger partial charge in [0.1, 0.15) is 11.9 Å². The van der Waals surface area contributed by atoms with Gasteiger partial charge in [-0.3, -0.25) is 19.7 Å². The van der Waals surface area contributed by atoms with Crippen LogP contribution in [0, 0.1) is 5.82 Å². The summed E-state index contributed by atoms with van der Waals surface area (Å²) in [7, 11) is 0. The van der Waals surface area contributed by atoms with Crippen molar-refractivity contribution in [2.45, 2.75) is 50.4 Å². The molecule has 142 valence electrons. The summed E-state index contributed by atoms with van der Waals surface area (Å²) in [5.74, 6) is -1.34. The van der Waals surface area contributed by atoms with Gasteiger partial charge in [0, 0.05) is 49.3 Å². The van der Waals surface area contributed by atoms with Crippen LogP contribution in [-0.2, 0) is 16.1 Å². The predicted octanol–water partition coefficient (Wildman–Crippen LogP) is 0.527. The Bertz CT molecular complexity index is 842. The van der Waals surface area contributed by atoms with Crippen molar-refractivity contribution in [3.05, 3.63) is 29.1 Å². The van der Waals surface area contributed by atoms with Crippen molar-refractivity contribution in [1.29, 1.82) is 0 Å². The first kappa shape index (κ1) is 16.7. The van der Waals surface area contributed by atoms with E-state index in [1.165, 1.54) is 17.0 Å². The fraction of sp³-hybridized carbons (Fsp3) is 0.526. The van der Waals surface area contributed by atoms with E-state index < -0.39 is 11.9 Å². The molecule has 0 aromatic heterocycles. The van der Waals surface area contributed by atoms with Crippen molar-refractivity contribution in [3.8, 4) is 0 Å². The minimum atomic E-state index is -0.682. The van der Waals surface area contributed by atoms with Gasteiger partial charge < -0.3 is 15.1 Å². The number of amides is 3. The third-order valence-corrected chi connectivity index (χ3v) is 6.28. The Morgan fingerprint density at radius 3 is 2.48 bits per heavy atom. The van der Waals surface area contributed by atoms with Gasteiger partial charge in [0.15, 0.2) is 0 Å². The minimum absolute atomic E-state index is 0.205. The van der Waals surface area contributed by atoms with E-state index >= 15 is 0 Å². The van der Waals surface area contributed by atoms with E-state index in [1.807, 2.05) is 0 Å². The monoisotopic (exact) mass is 372 g/mol. The van der Waals surface area contributed by atoms with Crippen LogP contribution in [0.2, 0.25) is 0 Å². The third-order valence-electron chi connectivity index (χ3n) is 6.28. The lowest BCUT2D eigenvalue weighted by atomic mass is 10.0. The van der Waals surface area contributed by atoms with Crippen molar-refractivity contribution in [2.75, 3.05) is 18.0 Å². The van der Waals surface area contributed by atoms with Gasteiger partial charge in [-0.25, -0.2) is 4.39 Å². The fourth-order valence-electron chi connectivity index (χ4n) is 5.02. The second kappa shape index (κ2) is 6.02. The molecule has 3 atom stereocenters. The summed E-state index contributed by atoms with van der Waals surface area (Å²) in [5.41, 5.74) is 1.65. The van der Waals surface area contributed by atoms with Gasteiger partial charge in [0.2, 0.25) is 11.8 Å². The molecule has 1 aromatic rings. The number of anilines is 1. The number of hydrogen-bond donors (Lipinski definition) is 2. The molecule has 4 aliphatic rings. The van der Waals surface area contributed by atoms with E-state index in [0.29, 0.717) is 23.2 Å². The summed E-state index contributed by atoms with van der Waals surface area (Å²) in [6.45, 7) is 1.83. The van der Waals surface area contributed by atoms with Gasteiger partial charge in [-0.05, 0) is 31.4 Å². The molecule has 3 fully saturated rings. The number of piperazine rings is 1. The van der Waals surface area contributed by atoms with Crippen molar-refractivity contribution in [3.63, 3.8) is 0 Å². The summed E-state index contributed by atoms with van der Waals surface area (Å²) < 4.78 is 14.9. The zero-order valence-electron chi connectivity index (χ0n) is 14.8. The zero-order valence-corrected chi connectivity index (χ0v) is 14.8. The molecule has 0 radical (unpaired) electrons. The highest BCUT2D eigenvalue weighted by Crippen LogP contribution is 2.41. The Balaban J connectivity index is 1.52. The lowest BCUT2D eigenvalue weighted by molar-refractivity contribution is -0.136. The maximum absolute atomic E-state index is 14.9. The van der Waals surface area contributed by atoms with Crippen LogP contribution in [0.1, 0.15) is 41.6 Å². The van der Waals surface area contributed by atoms with Gasteiger partial charge in [-0.1, -0.05) is 0 Å². The number of carbonyl (C=O) groups excluding carboxylic acids is 3. The Kier molecular flexibility index (Phi) is 3.72. The van der Waals surface area contributed by atoms with Gasteiger partial charge >= 0.3 is 0 Å². The first-order valence-electron chi connectivity index (χ1n) is 9.49. The standard InChI is InChI=1S/C19H21FN4O3/c20-14-4-3-12-13(17(14)24-10-1-2-11(24)8-21-7-10)9-23(19(12)27)15-5-6-16(25)22-18(15)26/h3-4,10-11,15,21H,1-2,5-9H2,(H,22,25,26)/t10-,11+,15?. The molecule has 1 unspecified atom stereocenters. The number of nitrogens with one attached hydrogen (secondary N) is 2. The molecule has 2 N–H and O–H groups in total. The number of fused-ring (bicyclic) bond motifs is 3. The van der Waals surface area contributed by atoms with Crippen LogP contribution in [0.25, 0.3) is 0 Å². The Labute approximate surface area is 155 Å². The van der Waals surface area contributed by atoms with Gasteiger partial charge in [0.25, 0.3) is 5.91 Å². The number of carbonyl (C=O) groups is 3. The molecule has 3 saturated heterocycles. The molecule has 4 aliphatic heterocycles. The van der Waals surface area contributed by atoms with Crippen molar-refractivity contribution in [1.82, 2.24) is 15.5 Å². The molecule has 7 nitrogen and oxygen atoms in total. The normalized spacial score (nSPS) is 30.0. The van der Waals surface area contributed by atoms with E-state index in [-0.39, 0.29) is 42.7 Å². The van der Waals surface area contributed by atoms with Crippen LogP contribution in [0.5, 0.6) is 0 Å². The molecule has 0 spiro atoms. The van der Waals surface area contributed by atoms with Gasteiger partial charge in [0.05, 0.1) is 5.69 Å². The Morgan fingerprint density at radius 2 is 1.78 bits per heavy atom. The lowest BCUT2D eigenvalue weighted by Gasteiger charge is -2.38. The summed E-state index contributed by atoms with van der Waals surface area (Å²) in [5, 5.41) is 5.69. The number of benzene rings is 1. The molecule has 0 saturated carbocycles. The van der Waals surface area contributed by atoms with E-state index in [1.54, 1.807) is 0 Å². The topological polar surface area (TPSA) is 81.8 Å². The van der Waals surface area contributed by atoms with Crippen molar-refractivity contribution in [2.24, 2.45) is 0 Å². The molecule has 3 amide bonds. The molecule has 2 bridgehead atoms. The maximum atomic E-state index is 14.9. The number of nitrogens with zero attached hydrogens (tertiary/aromatic N) is 2. The Hall–Kier alpha value is -2.48. The second-order valence-electron chi connectivity index (χ2n) is 7.77. The molecule has 4 heterocycles. The average Bonchev–Trinajstić information content (AvgIpc) is 3.07. The molecule has 1 aromatic carbocycles. The second-order valence-corrected chi connectivity index (χ2v) is 7.77. The highest BCUT2D eigenvalue weighted by atomic mass is 19.1. The van der Waals surface area contributed by atoms with E-state index in [2.05, 4.69) is 15.5 Å². The first-order valence-corrected chi connectivity index (χ1v) is 9.49. The number of hydrogen-bond acceptors (Lipinski definition) is 5. The highest BCUT2D eigenvalue weighted by Gasteiger charge is 2.44. The lowest BCUT2D eigenvalue weighted by Crippen LogP contribution is -2.53. The zero-order chi connectivity index (χ0) is 18.7. The number of piperidine rings is 1. The smallest absolute Gasteiger partial charge is 0.255 e. The molecular formula is C19H21FN4O3. The minimum Gasteiger partial charge on any atom is -0.360 e. The van der Waals surface area contributed by atoms with Crippen LogP contribution in [0.4, 0.5) is 10.1 Å². The Morgan fingerprint density at radius 1 is 1.04 bits per heavy atom. The summed E-state index contributed by atoms with van der Waals surface area (Å²) in [6, 6.07) is 2.65. The van der Waals surface area contributed by atoms with Crippen LogP contribution >= 0.6 is 0 Å². The fourth-order valence-corrected chi connectivity index (χ4v) is 5.02. The predicted molar refractivity (Wildman–Crippen MR) is 94.6 cm³/mol. The summed E-state index contributed by atoms with van der Waals surface area (Å²) in [6.07, 6.45) is 2.53. The number of rotatable bonds is 2. The molecule has 0 aliphatic carbocycles. The molecule has 5 rings (SSSR count). The SMILES string of the molecule is O=C1CCC(N2Cc3c(ccc(F)c3N3[C@@H]4CC[C@H]3CNC4)C2=O)C(=O)N1. The van der Waals surface area contributed by atoms with E-state index in [9.17, 15) is 18.8 Å². The number of halogens is 1. The third kappa shape index (κ3) is 2.46. The van der Waals surface area contributed by atoms with Crippen LogP contribution in [-0.4, -0.2) is 53.8 Å². The van der Waals surface area contributed by atoms with Gasteiger partial charge in [-0.15, -0.1) is 0 Å².